The van der Waals surface area contributed by atoms with E-state index in [2.05, 4.69) is 10.6 Å². The van der Waals surface area contributed by atoms with E-state index in [1.54, 1.807) is 66.7 Å². The fraction of sp³-hybridized carbons (Fsp3) is 0.152. The van der Waals surface area contributed by atoms with Crippen LogP contribution in [0.2, 0.25) is 0 Å². The van der Waals surface area contributed by atoms with Gasteiger partial charge < -0.3 is 25.4 Å². The van der Waals surface area contributed by atoms with Gasteiger partial charge in [0.25, 0.3) is 17.7 Å². The first kappa shape index (κ1) is 29.6. The molecular formula is C33H28N4O7. The van der Waals surface area contributed by atoms with Crippen molar-refractivity contribution in [2.45, 2.75) is 18.5 Å². The summed E-state index contributed by atoms with van der Waals surface area (Å²) in [5.41, 5.74) is 1.19. The summed E-state index contributed by atoms with van der Waals surface area (Å²) in [7, 11) is 0. The molecule has 1 heterocycles. The van der Waals surface area contributed by atoms with E-state index >= 15 is 0 Å². The van der Waals surface area contributed by atoms with Crippen molar-refractivity contribution in [2.75, 3.05) is 22.9 Å². The fourth-order valence-electron chi connectivity index (χ4n) is 5.08. The molecular weight excluding hydrogens is 564 g/mol. The first-order valence-corrected chi connectivity index (χ1v) is 13.8. The highest BCUT2D eigenvalue weighted by molar-refractivity contribution is 6.15. The fourth-order valence-corrected chi connectivity index (χ4v) is 5.08. The Morgan fingerprint density at radius 1 is 0.841 bits per heavy atom. The number of carbonyl (C=O) groups is 6. The molecule has 0 saturated carbocycles. The van der Waals surface area contributed by atoms with Gasteiger partial charge in [0, 0.05) is 11.1 Å². The molecule has 0 spiro atoms. The first-order chi connectivity index (χ1) is 21.2. The van der Waals surface area contributed by atoms with Crippen LogP contribution in [0.1, 0.15) is 27.1 Å². The SMILES string of the molecule is O=C[C@H](CC(=O)O)NC(=O)CN1C(=O)C(NC(=O)c2ccccc2)CN(C(=O)c2ccc3ccccc3c2)c2ccccc21. The molecule has 0 fully saturated rings. The summed E-state index contributed by atoms with van der Waals surface area (Å²) >= 11 is 0. The summed E-state index contributed by atoms with van der Waals surface area (Å²) in [6.45, 7) is -0.844. The number of anilines is 2. The molecule has 0 radical (unpaired) electrons. The quantitative estimate of drug-likeness (QED) is 0.253. The van der Waals surface area contributed by atoms with Crippen LogP contribution in [-0.2, 0) is 19.2 Å². The van der Waals surface area contributed by atoms with Gasteiger partial charge in [0.15, 0.2) is 0 Å². The summed E-state index contributed by atoms with van der Waals surface area (Å²) < 4.78 is 0. The van der Waals surface area contributed by atoms with Crippen molar-refractivity contribution in [2.24, 2.45) is 0 Å². The summed E-state index contributed by atoms with van der Waals surface area (Å²) in [6, 6.07) is 25.0. The van der Waals surface area contributed by atoms with Gasteiger partial charge in [-0.2, -0.15) is 0 Å². The smallest absolute Gasteiger partial charge is 0.305 e. The molecule has 11 nitrogen and oxygen atoms in total. The number of aldehydes is 1. The maximum absolute atomic E-state index is 14.1. The molecule has 1 unspecified atom stereocenters. The van der Waals surface area contributed by atoms with Gasteiger partial charge in [0.2, 0.25) is 5.91 Å². The van der Waals surface area contributed by atoms with Crippen LogP contribution < -0.4 is 20.4 Å². The second-order valence-corrected chi connectivity index (χ2v) is 10.2. The lowest BCUT2D eigenvalue weighted by molar-refractivity contribution is -0.138. The zero-order valence-electron chi connectivity index (χ0n) is 23.4. The van der Waals surface area contributed by atoms with E-state index in [0.29, 0.717) is 23.1 Å². The minimum Gasteiger partial charge on any atom is -0.481 e. The number of nitrogens with zero attached hydrogens (tertiary/aromatic N) is 2. The highest BCUT2D eigenvalue weighted by Crippen LogP contribution is 2.34. The van der Waals surface area contributed by atoms with Crippen LogP contribution in [0, 0.1) is 0 Å². The van der Waals surface area contributed by atoms with Gasteiger partial charge in [0.05, 0.1) is 30.4 Å². The summed E-state index contributed by atoms with van der Waals surface area (Å²) in [5, 5.41) is 15.9. The molecule has 5 rings (SSSR count). The van der Waals surface area contributed by atoms with E-state index in [1.807, 2.05) is 30.3 Å². The number of aliphatic carboxylic acids is 1. The standard InChI is InChI=1S/C33H28N4O7/c38-20-25(17-30(40)41)34-29(39)19-37-28-13-7-6-12-27(28)36(32(43)24-15-14-21-8-4-5-11-23(21)16-24)18-26(33(37)44)35-31(42)22-9-2-1-3-10-22/h1-16,20,25-26H,17-19H2,(H,34,39)(H,35,42)(H,40,41)/t25-,26?/m0/s1. The van der Waals surface area contributed by atoms with Crippen molar-refractivity contribution in [1.29, 1.82) is 0 Å². The summed E-state index contributed by atoms with van der Waals surface area (Å²) in [6.07, 6.45) is -0.333. The zero-order chi connectivity index (χ0) is 31.2. The van der Waals surface area contributed by atoms with Crippen molar-refractivity contribution < 1.29 is 33.9 Å². The predicted molar refractivity (Wildman–Crippen MR) is 162 cm³/mol. The number of para-hydroxylation sites is 2. The second kappa shape index (κ2) is 13.0. The molecule has 4 aromatic rings. The molecule has 222 valence electrons. The Hall–Kier alpha value is -5.84. The third-order valence-electron chi connectivity index (χ3n) is 7.18. The number of carboxylic acid groups (broad SMARTS) is 1. The zero-order valence-corrected chi connectivity index (χ0v) is 23.4. The number of carboxylic acids is 1. The summed E-state index contributed by atoms with van der Waals surface area (Å²) in [5.74, 6) is -3.74. The first-order valence-electron chi connectivity index (χ1n) is 13.8. The molecule has 4 aromatic carbocycles. The number of fused-ring (bicyclic) bond motifs is 2. The van der Waals surface area contributed by atoms with Crippen LogP contribution in [0.3, 0.4) is 0 Å². The highest BCUT2D eigenvalue weighted by Gasteiger charge is 2.38. The number of nitrogens with one attached hydrogen (secondary N) is 2. The van der Waals surface area contributed by atoms with Crippen molar-refractivity contribution in [3.63, 3.8) is 0 Å². The summed E-state index contributed by atoms with van der Waals surface area (Å²) in [4.78, 5) is 79.3. The van der Waals surface area contributed by atoms with Gasteiger partial charge >= 0.3 is 5.97 Å². The Bertz CT molecular complexity index is 1760. The van der Waals surface area contributed by atoms with Crippen LogP contribution in [0.5, 0.6) is 0 Å². The number of benzene rings is 4. The number of amides is 4. The van der Waals surface area contributed by atoms with E-state index in [0.717, 1.165) is 15.7 Å². The van der Waals surface area contributed by atoms with Gasteiger partial charge in [-0.1, -0.05) is 60.7 Å². The molecule has 0 aliphatic carbocycles. The molecule has 2 atom stereocenters. The van der Waals surface area contributed by atoms with Gasteiger partial charge in [-0.05, 0) is 47.2 Å². The Labute approximate surface area is 252 Å². The van der Waals surface area contributed by atoms with Gasteiger partial charge in [0.1, 0.15) is 18.9 Å². The molecule has 44 heavy (non-hydrogen) atoms. The third kappa shape index (κ3) is 6.46. The Balaban J connectivity index is 1.53. The van der Waals surface area contributed by atoms with E-state index in [-0.39, 0.29) is 12.2 Å². The average molecular weight is 593 g/mol. The normalized spacial score (nSPS) is 15.1. The van der Waals surface area contributed by atoms with Crippen molar-refractivity contribution in [3.05, 3.63) is 108 Å². The van der Waals surface area contributed by atoms with Gasteiger partial charge in [-0.15, -0.1) is 0 Å². The molecule has 4 amide bonds. The monoisotopic (exact) mass is 592 g/mol. The second-order valence-electron chi connectivity index (χ2n) is 10.2. The van der Waals surface area contributed by atoms with Crippen molar-refractivity contribution in [3.8, 4) is 0 Å². The van der Waals surface area contributed by atoms with E-state index in [4.69, 9.17) is 5.11 Å². The highest BCUT2D eigenvalue weighted by atomic mass is 16.4. The van der Waals surface area contributed by atoms with Crippen molar-refractivity contribution >= 4 is 58.0 Å². The van der Waals surface area contributed by atoms with Crippen LogP contribution in [0.4, 0.5) is 11.4 Å². The Morgan fingerprint density at radius 3 is 2.20 bits per heavy atom. The molecule has 0 aromatic heterocycles. The molecule has 0 bridgehead atoms. The molecule has 3 N–H and O–H groups in total. The lowest BCUT2D eigenvalue weighted by Crippen LogP contribution is -2.54. The maximum Gasteiger partial charge on any atom is 0.305 e. The predicted octanol–water partition coefficient (Wildman–Crippen LogP) is 2.79. The average Bonchev–Trinajstić information content (AvgIpc) is 3.14. The van der Waals surface area contributed by atoms with Crippen LogP contribution in [0.25, 0.3) is 10.8 Å². The minimum absolute atomic E-state index is 0.221. The van der Waals surface area contributed by atoms with Crippen LogP contribution >= 0.6 is 0 Å². The van der Waals surface area contributed by atoms with E-state index < -0.39 is 54.6 Å². The lowest BCUT2D eigenvalue weighted by Gasteiger charge is -2.25. The molecule has 11 heteroatoms. The lowest BCUT2D eigenvalue weighted by atomic mass is 10.1. The van der Waals surface area contributed by atoms with Crippen LogP contribution in [0.15, 0.2) is 97.1 Å². The number of carbonyl (C=O) groups excluding carboxylic acids is 5. The van der Waals surface area contributed by atoms with Crippen molar-refractivity contribution in [1.82, 2.24) is 10.6 Å². The largest absolute Gasteiger partial charge is 0.481 e. The maximum atomic E-state index is 14.1. The topological polar surface area (TPSA) is 153 Å². The molecule has 1 aliphatic rings. The minimum atomic E-state index is -1.31. The number of rotatable bonds is 9. The van der Waals surface area contributed by atoms with Crippen LogP contribution in [-0.4, -0.2) is 66.2 Å². The Morgan fingerprint density at radius 2 is 1.50 bits per heavy atom. The van der Waals surface area contributed by atoms with Gasteiger partial charge in [-0.25, -0.2) is 0 Å². The van der Waals surface area contributed by atoms with E-state index in [1.165, 1.54) is 4.90 Å². The molecule has 0 saturated heterocycles. The van der Waals surface area contributed by atoms with E-state index in [9.17, 15) is 28.8 Å². The Kier molecular flexibility index (Phi) is 8.75. The number of hydrogen-bond donors (Lipinski definition) is 3. The third-order valence-corrected chi connectivity index (χ3v) is 7.18. The van der Waals surface area contributed by atoms with Gasteiger partial charge in [-0.3, -0.25) is 28.9 Å². The number of hydrogen-bond acceptors (Lipinski definition) is 6. The molecule has 1 aliphatic heterocycles.